The fourth-order valence-corrected chi connectivity index (χ4v) is 2.67. The highest BCUT2D eigenvalue weighted by atomic mass is 79.9. The van der Waals surface area contributed by atoms with Gasteiger partial charge >= 0.3 is 0 Å². The molecule has 106 valence electrons. The van der Waals surface area contributed by atoms with E-state index in [-0.39, 0.29) is 15.8 Å². The molecule has 20 heavy (non-hydrogen) atoms. The first-order chi connectivity index (χ1) is 9.47. The summed E-state index contributed by atoms with van der Waals surface area (Å²) in [6, 6.07) is 2.28. The molecule has 2 aromatic rings. The minimum absolute atomic E-state index is 0.190. The Morgan fingerprint density at radius 1 is 1.55 bits per heavy atom. The van der Waals surface area contributed by atoms with Crippen LogP contribution in [0.2, 0.25) is 0 Å². The first-order valence-corrected chi connectivity index (χ1v) is 7.43. The highest BCUT2D eigenvalue weighted by Gasteiger charge is 2.17. The predicted molar refractivity (Wildman–Crippen MR) is 79.8 cm³/mol. The number of anilines is 1. The van der Waals surface area contributed by atoms with E-state index in [9.17, 15) is 14.5 Å². The second kappa shape index (κ2) is 6.27. The Labute approximate surface area is 127 Å². The predicted octanol–water partition coefficient (Wildman–Crippen LogP) is 3.92. The molecule has 0 bridgehead atoms. The summed E-state index contributed by atoms with van der Waals surface area (Å²) < 4.78 is 13.5. The molecular weight excluding hydrogens is 349 g/mol. The van der Waals surface area contributed by atoms with Crippen molar-refractivity contribution >= 4 is 38.6 Å². The zero-order valence-electron chi connectivity index (χ0n) is 10.5. The van der Waals surface area contributed by atoms with Crippen LogP contribution in [0.4, 0.5) is 15.8 Å². The van der Waals surface area contributed by atoms with E-state index >= 15 is 0 Å². The van der Waals surface area contributed by atoms with Gasteiger partial charge < -0.3 is 5.32 Å². The molecule has 1 aromatic carbocycles. The largest absolute Gasteiger partial charge is 0.379 e. The summed E-state index contributed by atoms with van der Waals surface area (Å²) in [4.78, 5) is 14.6. The van der Waals surface area contributed by atoms with Crippen LogP contribution in [0, 0.1) is 22.9 Å². The number of nitrogens with one attached hydrogen (secondary N) is 1. The number of benzene rings is 1. The van der Waals surface area contributed by atoms with Crippen LogP contribution in [0.25, 0.3) is 0 Å². The molecule has 0 amide bonds. The van der Waals surface area contributed by atoms with Crippen molar-refractivity contribution in [2.75, 3.05) is 11.9 Å². The van der Waals surface area contributed by atoms with Crippen LogP contribution >= 0.6 is 27.3 Å². The van der Waals surface area contributed by atoms with Gasteiger partial charge in [0.05, 0.1) is 26.2 Å². The fraction of sp³-hybridized carbons (Fsp3) is 0.250. The topological polar surface area (TPSA) is 68.1 Å². The molecule has 8 heteroatoms. The van der Waals surface area contributed by atoms with Crippen molar-refractivity contribution in [2.45, 2.75) is 13.3 Å². The van der Waals surface area contributed by atoms with Crippen LogP contribution in [0.3, 0.4) is 0 Å². The number of rotatable bonds is 5. The summed E-state index contributed by atoms with van der Waals surface area (Å²) in [5.74, 6) is -0.655. The van der Waals surface area contributed by atoms with Crippen LogP contribution in [-0.4, -0.2) is 16.5 Å². The van der Waals surface area contributed by atoms with Crippen molar-refractivity contribution in [1.29, 1.82) is 0 Å². The third kappa shape index (κ3) is 3.51. The summed E-state index contributed by atoms with van der Waals surface area (Å²) in [7, 11) is 0. The van der Waals surface area contributed by atoms with E-state index in [1.54, 1.807) is 11.3 Å². The van der Waals surface area contributed by atoms with Gasteiger partial charge in [0.15, 0.2) is 0 Å². The van der Waals surface area contributed by atoms with Crippen LogP contribution in [0.1, 0.15) is 10.7 Å². The molecule has 0 unspecified atom stereocenters. The number of aryl methyl sites for hydroxylation is 1. The lowest BCUT2D eigenvalue weighted by Gasteiger charge is -2.07. The number of aromatic nitrogens is 1. The summed E-state index contributed by atoms with van der Waals surface area (Å²) in [6.45, 7) is 2.41. The molecule has 0 fully saturated rings. The number of nitro benzene ring substituents is 1. The third-order valence-electron chi connectivity index (χ3n) is 2.60. The van der Waals surface area contributed by atoms with Crippen LogP contribution in [-0.2, 0) is 6.42 Å². The molecule has 0 spiro atoms. The van der Waals surface area contributed by atoms with Gasteiger partial charge in [0.1, 0.15) is 11.5 Å². The zero-order chi connectivity index (χ0) is 14.7. The van der Waals surface area contributed by atoms with Crippen molar-refractivity contribution in [3.8, 4) is 0 Å². The van der Waals surface area contributed by atoms with Gasteiger partial charge in [-0.15, -0.1) is 11.3 Å². The van der Waals surface area contributed by atoms with Gasteiger partial charge in [-0.1, -0.05) is 0 Å². The second-order valence-corrected chi connectivity index (χ2v) is 5.99. The Morgan fingerprint density at radius 2 is 2.30 bits per heavy atom. The molecule has 2 rings (SSSR count). The van der Waals surface area contributed by atoms with E-state index in [0.717, 1.165) is 16.8 Å². The summed E-state index contributed by atoms with van der Waals surface area (Å²) in [6.07, 6.45) is 0.649. The monoisotopic (exact) mass is 359 g/mol. The Hall–Kier alpha value is -1.54. The van der Waals surface area contributed by atoms with Crippen molar-refractivity contribution in [3.05, 3.63) is 48.6 Å². The number of nitro groups is 1. The van der Waals surface area contributed by atoms with Gasteiger partial charge in [-0.2, -0.15) is 0 Å². The summed E-state index contributed by atoms with van der Waals surface area (Å²) in [5, 5.41) is 16.8. The Kier molecular flexibility index (Phi) is 4.66. The van der Waals surface area contributed by atoms with E-state index in [4.69, 9.17) is 0 Å². The van der Waals surface area contributed by atoms with E-state index in [0.29, 0.717) is 13.0 Å². The first-order valence-electron chi connectivity index (χ1n) is 5.75. The highest BCUT2D eigenvalue weighted by molar-refractivity contribution is 9.10. The quantitative estimate of drug-likeness (QED) is 0.648. The van der Waals surface area contributed by atoms with E-state index in [1.807, 2.05) is 12.3 Å². The minimum atomic E-state index is -0.655. The van der Waals surface area contributed by atoms with E-state index in [2.05, 4.69) is 26.2 Å². The first kappa shape index (κ1) is 14.9. The maximum Gasteiger partial charge on any atom is 0.295 e. The smallest absolute Gasteiger partial charge is 0.295 e. The number of hydrogen-bond donors (Lipinski definition) is 1. The standard InChI is InChI=1S/C12H11BrFN3O2S/c1-7-16-8(6-20-7)2-3-15-11-4-9(13)10(14)5-12(11)17(18)19/h4-6,15H,2-3H2,1H3. The highest BCUT2D eigenvalue weighted by Crippen LogP contribution is 2.30. The second-order valence-electron chi connectivity index (χ2n) is 4.08. The molecule has 0 aliphatic heterocycles. The maximum absolute atomic E-state index is 13.3. The van der Waals surface area contributed by atoms with Gasteiger partial charge in [0.25, 0.3) is 5.69 Å². The molecule has 0 aliphatic carbocycles. The lowest BCUT2D eigenvalue weighted by molar-refractivity contribution is -0.384. The van der Waals surface area contributed by atoms with Crippen molar-refractivity contribution in [2.24, 2.45) is 0 Å². The van der Waals surface area contributed by atoms with Crippen LogP contribution in [0.5, 0.6) is 0 Å². The Balaban J connectivity index is 2.08. The average molecular weight is 360 g/mol. The molecule has 5 nitrogen and oxygen atoms in total. The third-order valence-corrected chi connectivity index (χ3v) is 4.03. The van der Waals surface area contributed by atoms with Gasteiger partial charge in [0.2, 0.25) is 0 Å². The normalized spacial score (nSPS) is 10.6. The number of thiazole rings is 1. The lowest BCUT2D eigenvalue weighted by Crippen LogP contribution is -2.07. The van der Waals surface area contributed by atoms with Gasteiger partial charge in [-0.3, -0.25) is 10.1 Å². The van der Waals surface area contributed by atoms with E-state index in [1.165, 1.54) is 6.07 Å². The number of nitrogens with zero attached hydrogens (tertiary/aromatic N) is 2. The molecule has 0 aliphatic rings. The molecular formula is C12H11BrFN3O2S. The van der Waals surface area contributed by atoms with Gasteiger partial charge in [0, 0.05) is 18.3 Å². The minimum Gasteiger partial charge on any atom is -0.379 e. The number of halogens is 2. The SMILES string of the molecule is Cc1nc(CCNc2cc(Br)c(F)cc2[N+](=O)[O-])cs1. The summed E-state index contributed by atoms with van der Waals surface area (Å²) in [5.41, 5.74) is 0.944. The molecule has 1 heterocycles. The van der Waals surface area contributed by atoms with Crippen molar-refractivity contribution < 1.29 is 9.31 Å². The van der Waals surface area contributed by atoms with Crippen LogP contribution in [0.15, 0.2) is 22.0 Å². The average Bonchev–Trinajstić information content (AvgIpc) is 2.79. The number of hydrogen-bond acceptors (Lipinski definition) is 5. The molecule has 0 radical (unpaired) electrons. The van der Waals surface area contributed by atoms with Crippen LogP contribution < -0.4 is 5.32 Å². The van der Waals surface area contributed by atoms with Crippen molar-refractivity contribution in [1.82, 2.24) is 4.98 Å². The Bertz CT molecular complexity index is 648. The maximum atomic E-state index is 13.3. The van der Waals surface area contributed by atoms with Crippen molar-refractivity contribution in [3.63, 3.8) is 0 Å². The summed E-state index contributed by atoms with van der Waals surface area (Å²) >= 11 is 4.58. The van der Waals surface area contributed by atoms with E-state index < -0.39 is 10.7 Å². The Morgan fingerprint density at radius 3 is 2.90 bits per heavy atom. The molecule has 0 atom stereocenters. The molecule has 1 N–H and O–H groups in total. The van der Waals surface area contributed by atoms with Gasteiger partial charge in [-0.05, 0) is 28.9 Å². The lowest BCUT2D eigenvalue weighted by atomic mass is 10.2. The molecule has 0 saturated carbocycles. The molecule has 0 saturated heterocycles. The molecule has 1 aromatic heterocycles. The zero-order valence-corrected chi connectivity index (χ0v) is 12.9. The fourth-order valence-electron chi connectivity index (χ4n) is 1.68. The van der Waals surface area contributed by atoms with Gasteiger partial charge in [-0.25, -0.2) is 9.37 Å².